The van der Waals surface area contributed by atoms with Crippen molar-refractivity contribution in [2.24, 2.45) is 0 Å². The lowest BCUT2D eigenvalue weighted by Gasteiger charge is -2.17. The molecule has 0 spiro atoms. The summed E-state index contributed by atoms with van der Waals surface area (Å²) in [6.45, 7) is 1.38. The molecular formula is C16H19NO2. The lowest BCUT2D eigenvalue weighted by Crippen LogP contribution is -2.18. The average Bonchev–Trinajstić information content (AvgIpc) is 2.47. The van der Waals surface area contributed by atoms with E-state index in [0.717, 1.165) is 23.2 Å². The van der Waals surface area contributed by atoms with Gasteiger partial charge in [-0.25, -0.2) is 0 Å². The van der Waals surface area contributed by atoms with Crippen LogP contribution in [0.5, 0.6) is 0 Å². The number of hydrogen-bond acceptors (Lipinski definition) is 3. The predicted octanol–water partition coefficient (Wildman–Crippen LogP) is 2.74. The molecule has 2 rings (SSSR count). The quantitative estimate of drug-likeness (QED) is 0.808. The van der Waals surface area contributed by atoms with Crippen LogP contribution < -0.4 is 0 Å². The van der Waals surface area contributed by atoms with Gasteiger partial charge >= 0.3 is 0 Å². The number of benzene rings is 2. The molecule has 0 aliphatic carbocycles. The molecule has 2 aromatic rings. The summed E-state index contributed by atoms with van der Waals surface area (Å²) in [6, 6.07) is 18.0. The summed E-state index contributed by atoms with van der Waals surface area (Å²) in [7, 11) is 1.92. The molecule has 0 aliphatic rings. The number of aliphatic hydroxyl groups excluding tert-OH is 1. The molecule has 0 bridgehead atoms. The maximum absolute atomic E-state index is 8.99. The van der Waals surface area contributed by atoms with Crippen LogP contribution in [0.15, 0.2) is 54.6 Å². The highest BCUT2D eigenvalue weighted by Crippen LogP contribution is 2.08. The van der Waals surface area contributed by atoms with Gasteiger partial charge in [-0.05, 0) is 16.7 Å². The Bertz CT molecular complexity index is 482. The van der Waals surface area contributed by atoms with Gasteiger partial charge < -0.3 is 5.11 Å². The first-order valence-electron chi connectivity index (χ1n) is 6.34. The van der Waals surface area contributed by atoms with E-state index in [-0.39, 0.29) is 6.61 Å². The summed E-state index contributed by atoms with van der Waals surface area (Å²) in [5.41, 5.74) is 3.24. The van der Waals surface area contributed by atoms with Crippen molar-refractivity contribution in [1.82, 2.24) is 5.06 Å². The molecule has 2 aromatic carbocycles. The van der Waals surface area contributed by atoms with Gasteiger partial charge in [0.25, 0.3) is 0 Å². The Hall–Kier alpha value is -1.68. The van der Waals surface area contributed by atoms with E-state index in [4.69, 9.17) is 9.94 Å². The summed E-state index contributed by atoms with van der Waals surface area (Å²) in [4.78, 5) is 5.67. The van der Waals surface area contributed by atoms with Crippen molar-refractivity contribution < 1.29 is 9.94 Å². The van der Waals surface area contributed by atoms with Gasteiger partial charge in [-0.2, -0.15) is 5.06 Å². The summed E-state index contributed by atoms with van der Waals surface area (Å²) in [5, 5.41) is 10.8. The Morgan fingerprint density at radius 2 is 1.53 bits per heavy atom. The van der Waals surface area contributed by atoms with Crippen LogP contribution in [0.1, 0.15) is 16.7 Å². The normalized spacial score (nSPS) is 10.9. The Labute approximate surface area is 114 Å². The Balaban J connectivity index is 1.82. The van der Waals surface area contributed by atoms with Gasteiger partial charge in [0, 0.05) is 13.6 Å². The van der Waals surface area contributed by atoms with Gasteiger partial charge in [0.1, 0.15) is 0 Å². The molecule has 0 aliphatic heterocycles. The highest BCUT2D eigenvalue weighted by molar-refractivity contribution is 5.21. The van der Waals surface area contributed by atoms with Crippen molar-refractivity contribution in [1.29, 1.82) is 0 Å². The lowest BCUT2D eigenvalue weighted by atomic mass is 10.1. The van der Waals surface area contributed by atoms with Crippen LogP contribution >= 0.6 is 0 Å². The largest absolute Gasteiger partial charge is 0.392 e. The predicted molar refractivity (Wildman–Crippen MR) is 75.1 cm³/mol. The second kappa shape index (κ2) is 7.04. The zero-order chi connectivity index (χ0) is 13.5. The minimum atomic E-state index is 0.0840. The molecule has 3 nitrogen and oxygen atoms in total. The molecule has 0 radical (unpaired) electrons. The Morgan fingerprint density at radius 1 is 0.895 bits per heavy atom. The van der Waals surface area contributed by atoms with E-state index in [0.29, 0.717) is 6.61 Å². The van der Waals surface area contributed by atoms with Gasteiger partial charge in [-0.3, -0.25) is 4.84 Å². The molecule has 100 valence electrons. The van der Waals surface area contributed by atoms with Gasteiger partial charge in [0.2, 0.25) is 0 Å². The third-order valence-corrected chi connectivity index (χ3v) is 2.91. The first-order chi connectivity index (χ1) is 9.28. The number of nitrogens with zero attached hydrogens (tertiary/aromatic N) is 1. The average molecular weight is 257 g/mol. The van der Waals surface area contributed by atoms with E-state index >= 15 is 0 Å². The van der Waals surface area contributed by atoms with E-state index in [1.165, 1.54) is 0 Å². The molecular weight excluding hydrogens is 238 g/mol. The SMILES string of the molecule is CN(Cc1ccc(CO)cc1)OCc1ccccc1. The highest BCUT2D eigenvalue weighted by Gasteiger charge is 2.01. The smallest absolute Gasteiger partial charge is 0.0935 e. The third-order valence-electron chi connectivity index (χ3n) is 2.91. The monoisotopic (exact) mass is 257 g/mol. The Morgan fingerprint density at radius 3 is 2.16 bits per heavy atom. The Kier molecular flexibility index (Phi) is 5.10. The number of aliphatic hydroxyl groups is 1. The fourth-order valence-electron chi connectivity index (χ4n) is 1.81. The van der Waals surface area contributed by atoms with E-state index in [1.54, 1.807) is 0 Å². The van der Waals surface area contributed by atoms with Crippen molar-refractivity contribution >= 4 is 0 Å². The first kappa shape index (κ1) is 13.7. The molecule has 0 unspecified atom stereocenters. The number of rotatable bonds is 6. The van der Waals surface area contributed by atoms with Crippen molar-refractivity contribution in [2.45, 2.75) is 19.8 Å². The maximum Gasteiger partial charge on any atom is 0.0935 e. The number of hydrogen-bond donors (Lipinski definition) is 1. The van der Waals surface area contributed by atoms with Crippen LogP contribution in [0.4, 0.5) is 0 Å². The summed E-state index contributed by atoms with van der Waals surface area (Å²) >= 11 is 0. The summed E-state index contributed by atoms with van der Waals surface area (Å²) < 4.78 is 0. The van der Waals surface area contributed by atoms with Crippen molar-refractivity contribution in [3.05, 3.63) is 71.3 Å². The molecule has 3 heteroatoms. The topological polar surface area (TPSA) is 32.7 Å². The van der Waals surface area contributed by atoms with Crippen molar-refractivity contribution in [2.75, 3.05) is 7.05 Å². The second-order valence-corrected chi connectivity index (χ2v) is 4.52. The van der Waals surface area contributed by atoms with Gasteiger partial charge in [-0.1, -0.05) is 54.6 Å². The van der Waals surface area contributed by atoms with E-state index < -0.39 is 0 Å². The highest BCUT2D eigenvalue weighted by atomic mass is 16.7. The van der Waals surface area contributed by atoms with Gasteiger partial charge in [0.15, 0.2) is 0 Å². The number of hydroxylamine groups is 2. The van der Waals surface area contributed by atoms with Crippen LogP contribution in [-0.2, 0) is 24.6 Å². The van der Waals surface area contributed by atoms with Crippen molar-refractivity contribution in [3.63, 3.8) is 0 Å². The molecule has 19 heavy (non-hydrogen) atoms. The molecule has 0 atom stereocenters. The fourth-order valence-corrected chi connectivity index (χ4v) is 1.81. The zero-order valence-corrected chi connectivity index (χ0v) is 11.1. The fraction of sp³-hybridized carbons (Fsp3) is 0.250. The standard InChI is InChI=1S/C16H19NO2/c1-17(19-13-16-5-3-2-4-6-16)11-14-7-9-15(12-18)10-8-14/h2-10,18H,11-13H2,1H3. The molecule has 0 aromatic heterocycles. The molecule has 0 saturated heterocycles. The summed E-state index contributed by atoms with van der Waals surface area (Å²) in [6.07, 6.45) is 0. The molecule has 1 N–H and O–H groups in total. The van der Waals surface area contributed by atoms with Crippen LogP contribution in [0, 0.1) is 0 Å². The van der Waals surface area contributed by atoms with E-state index in [9.17, 15) is 0 Å². The minimum Gasteiger partial charge on any atom is -0.392 e. The molecule has 0 heterocycles. The van der Waals surface area contributed by atoms with Gasteiger partial charge in [-0.15, -0.1) is 0 Å². The lowest BCUT2D eigenvalue weighted by molar-refractivity contribution is -0.157. The zero-order valence-electron chi connectivity index (χ0n) is 11.1. The van der Waals surface area contributed by atoms with Crippen LogP contribution in [0.25, 0.3) is 0 Å². The minimum absolute atomic E-state index is 0.0840. The maximum atomic E-state index is 8.99. The molecule has 0 amide bonds. The molecule has 0 saturated carbocycles. The van der Waals surface area contributed by atoms with E-state index in [1.807, 2.05) is 66.7 Å². The van der Waals surface area contributed by atoms with E-state index in [2.05, 4.69) is 0 Å². The van der Waals surface area contributed by atoms with Crippen LogP contribution in [-0.4, -0.2) is 17.2 Å². The second-order valence-electron chi connectivity index (χ2n) is 4.52. The summed E-state index contributed by atoms with van der Waals surface area (Å²) in [5.74, 6) is 0. The van der Waals surface area contributed by atoms with Crippen molar-refractivity contribution in [3.8, 4) is 0 Å². The molecule has 0 fully saturated rings. The van der Waals surface area contributed by atoms with Crippen LogP contribution in [0.3, 0.4) is 0 Å². The van der Waals surface area contributed by atoms with Gasteiger partial charge in [0.05, 0.1) is 13.2 Å². The first-order valence-corrected chi connectivity index (χ1v) is 6.34. The third kappa shape index (κ3) is 4.48. The van der Waals surface area contributed by atoms with Crippen LogP contribution in [0.2, 0.25) is 0 Å².